The fraction of sp³-hybridized carbons (Fsp3) is 0.222. The van der Waals surface area contributed by atoms with Crippen LogP contribution in [0.4, 0.5) is 11.5 Å². The molecule has 10 heteroatoms. The third-order valence-electron chi connectivity index (χ3n) is 5.38. The molecule has 1 heterocycles. The Hall–Kier alpha value is -4.02. The highest BCUT2D eigenvalue weighted by Crippen LogP contribution is 2.33. The van der Waals surface area contributed by atoms with Crippen molar-refractivity contribution in [2.45, 2.75) is 38.1 Å². The van der Waals surface area contributed by atoms with Crippen molar-refractivity contribution in [3.8, 4) is 17.0 Å². The van der Waals surface area contributed by atoms with Crippen molar-refractivity contribution in [3.05, 3.63) is 72.3 Å². The van der Waals surface area contributed by atoms with Crippen molar-refractivity contribution in [1.82, 2.24) is 14.9 Å². The molecule has 0 bridgehead atoms. The van der Waals surface area contributed by atoms with Crippen LogP contribution in [0.1, 0.15) is 26.3 Å². The summed E-state index contributed by atoms with van der Waals surface area (Å²) in [6.45, 7) is 6.98. The van der Waals surface area contributed by atoms with Gasteiger partial charge in [-0.1, -0.05) is 36.4 Å². The number of nitrogens with two attached hydrogens (primary N) is 1. The zero-order valence-corrected chi connectivity index (χ0v) is 21.9. The van der Waals surface area contributed by atoms with Crippen LogP contribution in [0, 0.1) is 6.92 Å². The lowest BCUT2D eigenvalue weighted by Gasteiger charge is -2.21. The molecule has 0 saturated heterocycles. The van der Waals surface area contributed by atoms with Gasteiger partial charge in [-0.05, 0) is 63.6 Å². The first-order valence-corrected chi connectivity index (χ1v) is 13.1. The van der Waals surface area contributed by atoms with Crippen LogP contribution in [0.3, 0.4) is 0 Å². The molecule has 4 N–H and O–H groups in total. The largest absolute Gasteiger partial charge is 0.484 e. The summed E-state index contributed by atoms with van der Waals surface area (Å²) < 4.78 is 34.2. The maximum Gasteiger partial charge on any atom is 0.255 e. The Morgan fingerprint density at radius 2 is 1.65 bits per heavy atom. The van der Waals surface area contributed by atoms with E-state index in [1.54, 1.807) is 64.1 Å². The Balaban J connectivity index is 1.70. The van der Waals surface area contributed by atoms with Gasteiger partial charge in [0, 0.05) is 27.6 Å². The molecular weight excluding hydrogens is 490 g/mol. The molecule has 192 valence electrons. The fourth-order valence-corrected chi connectivity index (χ4v) is 5.52. The molecule has 0 saturated carbocycles. The molecule has 0 radical (unpaired) electrons. The van der Waals surface area contributed by atoms with E-state index in [4.69, 9.17) is 10.5 Å². The molecule has 0 aliphatic heterocycles. The number of ether oxygens (including phenoxy) is 1. The molecule has 0 aliphatic carbocycles. The quantitative estimate of drug-likeness (QED) is 0.316. The van der Waals surface area contributed by atoms with E-state index in [2.05, 4.69) is 20.2 Å². The summed E-state index contributed by atoms with van der Waals surface area (Å²) in [7, 11) is -3.74. The van der Waals surface area contributed by atoms with E-state index in [-0.39, 0.29) is 11.5 Å². The van der Waals surface area contributed by atoms with Crippen LogP contribution in [0.2, 0.25) is 0 Å². The summed E-state index contributed by atoms with van der Waals surface area (Å²) in [4.78, 5) is 11.1. The van der Waals surface area contributed by atoms with Crippen molar-refractivity contribution in [2.24, 2.45) is 5.73 Å². The number of primary amides is 1. The van der Waals surface area contributed by atoms with Gasteiger partial charge in [0.1, 0.15) is 11.4 Å². The van der Waals surface area contributed by atoms with Gasteiger partial charge in [-0.2, -0.15) is 0 Å². The number of aromatic nitrogens is 2. The van der Waals surface area contributed by atoms with E-state index >= 15 is 0 Å². The van der Waals surface area contributed by atoms with Gasteiger partial charge in [0.2, 0.25) is 10.0 Å². The summed E-state index contributed by atoms with van der Waals surface area (Å²) in [5.41, 5.74) is 7.10. The highest BCUT2D eigenvalue weighted by Gasteiger charge is 2.24. The number of rotatable bonds is 8. The lowest BCUT2D eigenvalue weighted by atomic mass is 10.0. The minimum Gasteiger partial charge on any atom is -0.484 e. The van der Waals surface area contributed by atoms with E-state index in [1.165, 1.54) is 0 Å². The molecule has 0 atom stereocenters. The third kappa shape index (κ3) is 6.22. The molecular formula is C27H29N5O4S. The Morgan fingerprint density at radius 3 is 2.30 bits per heavy atom. The van der Waals surface area contributed by atoms with Crippen LogP contribution in [0.15, 0.2) is 71.6 Å². The van der Waals surface area contributed by atoms with Gasteiger partial charge in [0.15, 0.2) is 12.4 Å². The minimum absolute atomic E-state index is 0.196. The van der Waals surface area contributed by atoms with E-state index in [1.807, 2.05) is 30.3 Å². The first-order chi connectivity index (χ1) is 17.4. The number of aryl methyl sites for hydroxylation is 1. The molecule has 1 aromatic heterocycles. The monoisotopic (exact) mass is 519 g/mol. The van der Waals surface area contributed by atoms with Crippen LogP contribution >= 0.6 is 0 Å². The molecule has 1 amide bonds. The predicted octanol–water partition coefficient (Wildman–Crippen LogP) is 4.29. The molecule has 4 aromatic rings. The van der Waals surface area contributed by atoms with Gasteiger partial charge in [0.05, 0.1) is 4.90 Å². The summed E-state index contributed by atoms with van der Waals surface area (Å²) in [6, 6.07) is 19.9. The van der Waals surface area contributed by atoms with Crippen LogP contribution < -0.4 is 20.5 Å². The molecule has 37 heavy (non-hydrogen) atoms. The zero-order valence-electron chi connectivity index (χ0n) is 21.1. The van der Waals surface area contributed by atoms with Crippen molar-refractivity contribution in [1.29, 1.82) is 0 Å². The van der Waals surface area contributed by atoms with Crippen molar-refractivity contribution in [2.75, 3.05) is 11.9 Å². The molecule has 0 spiro atoms. The zero-order chi connectivity index (χ0) is 26.8. The smallest absolute Gasteiger partial charge is 0.255 e. The van der Waals surface area contributed by atoms with Crippen LogP contribution in [-0.4, -0.2) is 36.7 Å². The van der Waals surface area contributed by atoms with Crippen LogP contribution in [0.25, 0.3) is 22.0 Å². The van der Waals surface area contributed by atoms with Crippen molar-refractivity contribution >= 4 is 38.2 Å². The standard InChI is InChI=1S/C27H29N5O4S/c1-17-9-10-18(15-23(17)37(34,35)32-27(2,3)4)25-21-7-5-6-8-22(21)26(31-30-25)29-19-11-13-20(14-12-19)36-16-24(28)33/h5-15,32H,16H2,1-4H3,(H2,28,33)(H,29,31). The Bertz CT molecular complexity index is 1560. The minimum atomic E-state index is -3.74. The summed E-state index contributed by atoms with van der Waals surface area (Å²) in [5.74, 6) is 0.508. The number of nitrogens with one attached hydrogen (secondary N) is 2. The first kappa shape index (κ1) is 26.1. The molecule has 4 rings (SSSR count). The summed E-state index contributed by atoms with van der Waals surface area (Å²) in [6.07, 6.45) is 0. The van der Waals surface area contributed by atoms with Crippen molar-refractivity contribution < 1.29 is 17.9 Å². The van der Waals surface area contributed by atoms with Gasteiger partial charge in [0.25, 0.3) is 5.91 Å². The van der Waals surface area contributed by atoms with Gasteiger partial charge < -0.3 is 15.8 Å². The molecule has 0 aliphatic rings. The lowest BCUT2D eigenvalue weighted by Crippen LogP contribution is -2.40. The average Bonchev–Trinajstić information content (AvgIpc) is 2.83. The van der Waals surface area contributed by atoms with Gasteiger partial charge in [-0.15, -0.1) is 10.2 Å². The highest BCUT2D eigenvalue weighted by molar-refractivity contribution is 7.89. The van der Waals surface area contributed by atoms with E-state index < -0.39 is 21.5 Å². The lowest BCUT2D eigenvalue weighted by molar-refractivity contribution is -0.119. The number of sulfonamides is 1. The van der Waals surface area contributed by atoms with E-state index in [0.29, 0.717) is 28.4 Å². The topological polar surface area (TPSA) is 136 Å². The number of carbonyl (C=O) groups is 1. The second-order valence-corrected chi connectivity index (χ2v) is 11.3. The van der Waals surface area contributed by atoms with Gasteiger partial charge in [-0.25, -0.2) is 13.1 Å². The predicted molar refractivity (Wildman–Crippen MR) is 144 cm³/mol. The van der Waals surface area contributed by atoms with E-state index in [9.17, 15) is 13.2 Å². The highest BCUT2D eigenvalue weighted by atomic mass is 32.2. The molecule has 9 nitrogen and oxygen atoms in total. The number of fused-ring (bicyclic) bond motifs is 1. The number of benzene rings is 3. The molecule has 0 unspecified atom stereocenters. The van der Waals surface area contributed by atoms with Gasteiger partial charge >= 0.3 is 0 Å². The first-order valence-electron chi connectivity index (χ1n) is 11.6. The number of hydrogen-bond acceptors (Lipinski definition) is 7. The fourth-order valence-electron chi connectivity index (χ4n) is 3.83. The number of nitrogens with zero attached hydrogens (tertiary/aromatic N) is 2. The number of anilines is 2. The maximum atomic E-state index is 13.1. The Labute approximate surface area is 216 Å². The van der Waals surface area contributed by atoms with Crippen molar-refractivity contribution in [3.63, 3.8) is 0 Å². The number of amides is 1. The molecule has 3 aromatic carbocycles. The normalized spacial score (nSPS) is 11.9. The SMILES string of the molecule is Cc1ccc(-c2nnc(Nc3ccc(OCC(N)=O)cc3)c3ccccc23)cc1S(=O)(=O)NC(C)(C)C. The Kier molecular flexibility index (Phi) is 7.15. The number of hydrogen-bond donors (Lipinski definition) is 3. The summed E-state index contributed by atoms with van der Waals surface area (Å²) in [5, 5.41) is 13.8. The maximum absolute atomic E-state index is 13.1. The summed E-state index contributed by atoms with van der Waals surface area (Å²) >= 11 is 0. The third-order valence-corrected chi connectivity index (χ3v) is 7.28. The van der Waals surface area contributed by atoms with Crippen LogP contribution in [-0.2, 0) is 14.8 Å². The second kappa shape index (κ2) is 10.2. The number of carbonyl (C=O) groups excluding carboxylic acids is 1. The average molecular weight is 520 g/mol. The Morgan fingerprint density at radius 1 is 0.973 bits per heavy atom. The van der Waals surface area contributed by atoms with Gasteiger partial charge in [-0.3, -0.25) is 4.79 Å². The molecule has 0 fully saturated rings. The van der Waals surface area contributed by atoms with E-state index in [0.717, 1.165) is 16.5 Å². The van der Waals surface area contributed by atoms with Crippen LogP contribution in [0.5, 0.6) is 5.75 Å². The second-order valence-electron chi connectivity index (χ2n) is 9.68.